The molecular formula is C44H32N6O6S2. The first-order valence-corrected chi connectivity index (χ1v) is 20.5. The van der Waals surface area contributed by atoms with Gasteiger partial charge in [0.25, 0.3) is 20.2 Å². The van der Waals surface area contributed by atoms with E-state index in [-0.39, 0.29) is 32.5 Å². The van der Waals surface area contributed by atoms with E-state index in [0.717, 1.165) is 33.4 Å². The number of benzene rings is 8. The molecular weight excluding hydrogens is 773 g/mol. The average Bonchev–Trinajstić information content (AvgIpc) is 3.23. The molecule has 14 heteroatoms. The van der Waals surface area contributed by atoms with Gasteiger partial charge in [-0.15, -0.1) is 10.2 Å². The first-order chi connectivity index (χ1) is 27.8. The smallest absolute Gasteiger partial charge is 0.295 e. The predicted octanol–water partition coefficient (Wildman–Crippen LogP) is 11.5. The number of nitrogen functional groups attached to an aromatic ring is 2. The quantitative estimate of drug-likeness (QED) is 0.0624. The van der Waals surface area contributed by atoms with Crippen molar-refractivity contribution in [3.8, 4) is 33.4 Å². The zero-order chi connectivity index (χ0) is 40.6. The van der Waals surface area contributed by atoms with Crippen molar-refractivity contribution >= 4 is 75.9 Å². The number of nitrogens with zero attached hydrogens (tertiary/aromatic N) is 4. The molecule has 12 nitrogen and oxygen atoms in total. The molecule has 286 valence electrons. The maximum Gasteiger partial charge on any atom is 0.295 e. The van der Waals surface area contributed by atoms with Crippen LogP contribution < -0.4 is 11.5 Å². The highest BCUT2D eigenvalue weighted by Crippen LogP contribution is 2.39. The minimum absolute atomic E-state index is 0.127. The molecule has 58 heavy (non-hydrogen) atoms. The molecule has 0 atom stereocenters. The van der Waals surface area contributed by atoms with Crippen molar-refractivity contribution in [1.82, 2.24) is 0 Å². The van der Waals surface area contributed by atoms with Crippen LogP contribution in [0.1, 0.15) is 0 Å². The van der Waals surface area contributed by atoms with E-state index in [2.05, 4.69) is 20.5 Å². The fourth-order valence-corrected chi connectivity index (χ4v) is 8.10. The molecule has 0 spiro atoms. The highest BCUT2D eigenvalue weighted by molar-refractivity contribution is 7.86. The molecule has 0 saturated heterocycles. The summed E-state index contributed by atoms with van der Waals surface area (Å²) in [7, 11) is -9.05. The minimum Gasteiger partial charge on any atom is -0.396 e. The van der Waals surface area contributed by atoms with E-state index < -0.39 is 20.2 Å². The summed E-state index contributed by atoms with van der Waals surface area (Å²) < 4.78 is 67.8. The van der Waals surface area contributed by atoms with Gasteiger partial charge in [-0.3, -0.25) is 9.11 Å². The van der Waals surface area contributed by atoms with Gasteiger partial charge < -0.3 is 11.5 Å². The van der Waals surface area contributed by atoms with E-state index in [9.17, 15) is 25.9 Å². The third-order valence-electron chi connectivity index (χ3n) is 9.66. The molecule has 0 heterocycles. The molecule has 0 aliphatic heterocycles. The van der Waals surface area contributed by atoms with Crippen LogP contribution in [-0.4, -0.2) is 25.9 Å². The Bertz CT molecular complexity index is 2940. The van der Waals surface area contributed by atoms with E-state index in [1.165, 1.54) is 12.1 Å². The van der Waals surface area contributed by atoms with Gasteiger partial charge in [0.05, 0.1) is 22.7 Å². The zero-order valence-electron chi connectivity index (χ0n) is 30.3. The summed E-state index contributed by atoms with van der Waals surface area (Å²) in [5, 5.41) is 18.4. The van der Waals surface area contributed by atoms with E-state index in [1.54, 1.807) is 72.8 Å². The average molecular weight is 805 g/mol. The summed E-state index contributed by atoms with van der Waals surface area (Å²) in [6.07, 6.45) is 0. The Balaban J connectivity index is 0.938. The van der Waals surface area contributed by atoms with Gasteiger partial charge in [-0.2, -0.15) is 27.1 Å². The van der Waals surface area contributed by atoms with Crippen LogP contribution in [0.4, 0.5) is 34.1 Å². The van der Waals surface area contributed by atoms with Gasteiger partial charge in [-0.05, 0) is 69.8 Å². The van der Waals surface area contributed by atoms with Crippen molar-refractivity contribution in [3.05, 3.63) is 158 Å². The molecule has 0 aliphatic rings. The molecule has 6 N–H and O–H groups in total. The Morgan fingerprint density at radius 2 is 0.621 bits per heavy atom. The van der Waals surface area contributed by atoms with Crippen LogP contribution in [0.15, 0.2) is 188 Å². The van der Waals surface area contributed by atoms with Crippen LogP contribution >= 0.6 is 0 Å². The molecule has 0 fully saturated rings. The molecule has 8 aromatic rings. The van der Waals surface area contributed by atoms with Gasteiger partial charge in [0.2, 0.25) is 0 Å². The Kier molecular flexibility index (Phi) is 9.84. The van der Waals surface area contributed by atoms with Crippen molar-refractivity contribution in [1.29, 1.82) is 0 Å². The Hall–Kier alpha value is -7.10. The lowest BCUT2D eigenvalue weighted by atomic mass is 9.98. The fraction of sp³-hybridized carbons (Fsp3) is 0. The number of rotatable bonds is 9. The second kappa shape index (κ2) is 15.1. The summed E-state index contributed by atoms with van der Waals surface area (Å²) in [6.45, 7) is 0. The molecule has 0 aliphatic carbocycles. The van der Waals surface area contributed by atoms with Crippen molar-refractivity contribution in [2.75, 3.05) is 11.5 Å². The molecule has 0 amide bonds. The van der Waals surface area contributed by atoms with E-state index in [1.807, 2.05) is 72.8 Å². The third-order valence-corrected chi connectivity index (χ3v) is 11.4. The fourth-order valence-electron chi connectivity index (χ4n) is 6.67. The largest absolute Gasteiger partial charge is 0.396 e. The highest BCUT2D eigenvalue weighted by Gasteiger charge is 2.20. The van der Waals surface area contributed by atoms with Gasteiger partial charge in [-0.1, -0.05) is 121 Å². The number of hydrogen-bond acceptors (Lipinski definition) is 10. The van der Waals surface area contributed by atoms with Crippen molar-refractivity contribution in [2.45, 2.75) is 9.79 Å². The van der Waals surface area contributed by atoms with Crippen molar-refractivity contribution < 1.29 is 25.9 Å². The summed E-state index contributed by atoms with van der Waals surface area (Å²) in [4.78, 5) is -0.580. The number of nitrogens with two attached hydrogens (primary N) is 2. The minimum atomic E-state index is -4.52. The highest BCUT2D eigenvalue weighted by atomic mass is 32.2. The van der Waals surface area contributed by atoms with Gasteiger partial charge in [-0.25, -0.2) is 0 Å². The molecule has 0 saturated carbocycles. The summed E-state index contributed by atoms with van der Waals surface area (Å²) in [5.74, 6) is 0. The van der Waals surface area contributed by atoms with Gasteiger partial charge in [0.15, 0.2) is 0 Å². The van der Waals surface area contributed by atoms with Crippen LogP contribution in [0.2, 0.25) is 0 Å². The molecule has 0 aromatic heterocycles. The molecule has 0 radical (unpaired) electrons. The summed E-state index contributed by atoms with van der Waals surface area (Å²) in [6, 6.07) is 46.8. The predicted molar refractivity (Wildman–Crippen MR) is 227 cm³/mol. The number of anilines is 2. The van der Waals surface area contributed by atoms with Crippen LogP contribution in [0.5, 0.6) is 0 Å². The number of azo groups is 2. The Morgan fingerprint density at radius 3 is 0.897 bits per heavy atom. The number of hydrogen-bond donors (Lipinski definition) is 4. The normalized spacial score (nSPS) is 12.2. The van der Waals surface area contributed by atoms with Crippen LogP contribution in [0, 0.1) is 0 Å². The van der Waals surface area contributed by atoms with Crippen molar-refractivity contribution in [2.24, 2.45) is 20.5 Å². The Labute approximate surface area is 333 Å². The SMILES string of the molecule is Nc1c(N=Nc2ccc(-c3ccc(-c4ccc(-c5ccc(N=Nc6cc(S(=O)(=O)O)c7ccccc7c6N)cc5)cc4)cc3)cc2)cc(S(=O)(=O)O)c2ccccc12. The first kappa shape index (κ1) is 37.8. The van der Waals surface area contributed by atoms with Gasteiger partial charge in [0.1, 0.15) is 21.2 Å². The molecule has 8 rings (SSSR count). The lowest BCUT2D eigenvalue weighted by Gasteiger charge is -2.09. The van der Waals surface area contributed by atoms with Gasteiger partial charge >= 0.3 is 0 Å². The zero-order valence-corrected chi connectivity index (χ0v) is 31.9. The molecule has 0 unspecified atom stereocenters. The number of fused-ring (bicyclic) bond motifs is 2. The summed E-state index contributed by atoms with van der Waals surface area (Å²) in [5.41, 5.74) is 20.4. The molecule has 0 bridgehead atoms. The lowest BCUT2D eigenvalue weighted by molar-refractivity contribution is 0.482. The maximum atomic E-state index is 12.1. The van der Waals surface area contributed by atoms with Crippen LogP contribution in [0.25, 0.3) is 54.9 Å². The standard InChI is InChI=1S/C44H32N6O6S2/c45-43-37-7-3-1-5-35(37)41(57(51,52)53)25-39(43)49-47-33-21-17-31(18-22-33)29-13-9-27(10-14-29)28-11-15-30(16-12-28)32-19-23-34(24-20-32)48-50-40-26-42(58(54,55)56)36-6-2-4-8-38(36)44(40)46/h1-26H,45-46H2,(H,51,52,53)(H,54,55,56). The van der Waals surface area contributed by atoms with Crippen LogP contribution in [-0.2, 0) is 20.2 Å². The third kappa shape index (κ3) is 7.68. The lowest BCUT2D eigenvalue weighted by Crippen LogP contribution is -2.01. The monoisotopic (exact) mass is 804 g/mol. The topological polar surface area (TPSA) is 210 Å². The van der Waals surface area contributed by atoms with Crippen molar-refractivity contribution in [3.63, 3.8) is 0 Å². The Morgan fingerprint density at radius 1 is 0.362 bits per heavy atom. The van der Waals surface area contributed by atoms with Crippen LogP contribution in [0.3, 0.4) is 0 Å². The maximum absolute atomic E-state index is 12.1. The second-order valence-electron chi connectivity index (χ2n) is 13.3. The second-order valence-corrected chi connectivity index (χ2v) is 16.1. The summed E-state index contributed by atoms with van der Waals surface area (Å²) >= 11 is 0. The molecule has 8 aromatic carbocycles. The van der Waals surface area contributed by atoms with E-state index >= 15 is 0 Å². The van der Waals surface area contributed by atoms with Gasteiger partial charge in [0, 0.05) is 21.5 Å². The first-order valence-electron chi connectivity index (χ1n) is 17.7. The van der Waals surface area contributed by atoms with E-state index in [0.29, 0.717) is 32.9 Å². The van der Waals surface area contributed by atoms with E-state index in [4.69, 9.17) is 11.5 Å².